The van der Waals surface area contributed by atoms with Crippen LogP contribution in [0.15, 0.2) is 24.3 Å². The molecule has 2 rings (SSSR count). The molecule has 0 bridgehead atoms. The van der Waals surface area contributed by atoms with Crippen molar-refractivity contribution in [2.45, 2.75) is 63.8 Å². The average molecular weight is 288 g/mol. The third-order valence-corrected chi connectivity index (χ3v) is 4.70. The summed E-state index contributed by atoms with van der Waals surface area (Å²) in [4.78, 5) is 12.3. The lowest BCUT2D eigenvalue weighted by Gasteiger charge is -2.36. The first kappa shape index (κ1) is 16.0. The number of carbonyl (C=O) groups excluding carboxylic acids is 1. The molecule has 1 saturated carbocycles. The molecule has 0 atom stereocenters. The maximum absolute atomic E-state index is 12.3. The quantitative estimate of drug-likeness (QED) is 0.858. The van der Waals surface area contributed by atoms with E-state index >= 15 is 0 Å². The zero-order valence-electron chi connectivity index (χ0n) is 13.5. The Morgan fingerprint density at radius 2 is 1.76 bits per heavy atom. The number of hydrogen-bond donors (Lipinski definition) is 2. The van der Waals surface area contributed by atoms with Crippen molar-refractivity contribution >= 4 is 11.6 Å². The fourth-order valence-electron chi connectivity index (χ4n) is 3.21. The lowest BCUT2D eigenvalue weighted by atomic mass is 9.79. The van der Waals surface area contributed by atoms with Gasteiger partial charge in [0, 0.05) is 17.6 Å². The van der Waals surface area contributed by atoms with Gasteiger partial charge in [0.25, 0.3) is 0 Å². The van der Waals surface area contributed by atoms with Crippen molar-refractivity contribution in [3.63, 3.8) is 0 Å². The molecule has 3 nitrogen and oxygen atoms in total. The van der Waals surface area contributed by atoms with E-state index in [0.29, 0.717) is 12.3 Å². The molecule has 3 heteroatoms. The van der Waals surface area contributed by atoms with Crippen molar-refractivity contribution in [3.05, 3.63) is 29.8 Å². The van der Waals surface area contributed by atoms with Crippen LogP contribution in [0.3, 0.4) is 0 Å². The highest BCUT2D eigenvalue weighted by Crippen LogP contribution is 2.31. The van der Waals surface area contributed by atoms with Gasteiger partial charge in [-0.05, 0) is 43.5 Å². The smallest absolute Gasteiger partial charge is 0.226 e. The standard InChI is InChI=1S/C18H28N2O/c1-14(2)15-7-9-16(10-8-15)20-17(21)13-18(19-3)11-5-4-6-12-18/h7-10,14,19H,4-6,11-13H2,1-3H3,(H,20,21). The second-order valence-electron chi connectivity index (χ2n) is 6.59. The van der Waals surface area contributed by atoms with E-state index in [9.17, 15) is 4.79 Å². The largest absolute Gasteiger partial charge is 0.326 e. The van der Waals surface area contributed by atoms with Crippen LogP contribution in [0.1, 0.15) is 63.9 Å². The summed E-state index contributed by atoms with van der Waals surface area (Å²) in [7, 11) is 1.98. The molecule has 0 aliphatic heterocycles. The minimum absolute atomic E-state index is 0.000205. The van der Waals surface area contributed by atoms with E-state index in [1.165, 1.54) is 24.8 Å². The van der Waals surface area contributed by atoms with Crippen molar-refractivity contribution in [2.75, 3.05) is 12.4 Å². The molecule has 2 N–H and O–H groups in total. The van der Waals surface area contributed by atoms with E-state index in [4.69, 9.17) is 0 Å². The first-order valence-electron chi connectivity index (χ1n) is 8.13. The highest BCUT2D eigenvalue weighted by Gasteiger charge is 2.32. The molecule has 1 aromatic rings. The SMILES string of the molecule is CNC1(CC(=O)Nc2ccc(C(C)C)cc2)CCCCC1. The lowest BCUT2D eigenvalue weighted by molar-refractivity contribution is -0.117. The summed E-state index contributed by atoms with van der Waals surface area (Å²) in [5.41, 5.74) is 2.19. The Balaban J connectivity index is 1.94. The van der Waals surface area contributed by atoms with Crippen LogP contribution >= 0.6 is 0 Å². The molecule has 0 aromatic heterocycles. The second kappa shape index (κ2) is 7.08. The van der Waals surface area contributed by atoms with Gasteiger partial charge in [-0.3, -0.25) is 4.79 Å². The van der Waals surface area contributed by atoms with Gasteiger partial charge in [-0.2, -0.15) is 0 Å². The number of rotatable bonds is 5. The molecule has 1 fully saturated rings. The molecular formula is C18H28N2O. The number of anilines is 1. The summed E-state index contributed by atoms with van der Waals surface area (Å²) in [5.74, 6) is 0.632. The average Bonchev–Trinajstić information content (AvgIpc) is 2.48. The van der Waals surface area contributed by atoms with E-state index in [0.717, 1.165) is 18.5 Å². The zero-order chi connectivity index (χ0) is 15.3. The third-order valence-electron chi connectivity index (χ3n) is 4.70. The molecular weight excluding hydrogens is 260 g/mol. The van der Waals surface area contributed by atoms with Gasteiger partial charge < -0.3 is 10.6 Å². The van der Waals surface area contributed by atoms with Crippen LogP contribution < -0.4 is 10.6 Å². The summed E-state index contributed by atoms with van der Waals surface area (Å²) >= 11 is 0. The van der Waals surface area contributed by atoms with E-state index in [1.54, 1.807) is 0 Å². The zero-order valence-corrected chi connectivity index (χ0v) is 13.5. The topological polar surface area (TPSA) is 41.1 Å². The van der Waals surface area contributed by atoms with Crippen molar-refractivity contribution in [2.24, 2.45) is 0 Å². The number of hydrogen-bond acceptors (Lipinski definition) is 2. The molecule has 1 aliphatic carbocycles. The van der Waals surface area contributed by atoms with Gasteiger partial charge in [0.1, 0.15) is 0 Å². The van der Waals surface area contributed by atoms with Gasteiger partial charge in [0.05, 0.1) is 0 Å². The van der Waals surface area contributed by atoms with Gasteiger partial charge in [0.15, 0.2) is 0 Å². The van der Waals surface area contributed by atoms with Gasteiger partial charge in [-0.25, -0.2) is 0 Å². The molecule has 116 valence electrons. The minimum atomic E-state index is 0.000205. The van der Waals surface area contributed by atoms with Crippen molar-refractivity contribution in [3.8, 4) is 0 Å². The Bertz CT molecular complexity index is 459. The van der Waals surface area contributed by atoms with Gasteiger partial charge in [0.2, 0.25) is 5.91 Å². The number of carbonyl (C=O) groups is 1. The van der Waals surface area contributed by atoms with Crippen LogP contribution in [0.5, 0.6) is 0 Å². The van der Waals surface area contributed by atoms with Crippen LogP contribution in [0.2, 0.25) is 0 Å². The highest BCUT2D eigenvalue weighted by molar-refractivity contribution is 5.91. The predicted octanol–water partition coefficient (Wildman–Crippen LogP) is 4.06. The Morgan fingerprint density at radius 3 is 2.29 bits per heavy atom. The van der Waals surface area contributed by atoms with Crippen LogP contribution in [0.25, 0.3) is 0 Å². The number of amides is 1. The maximum Gasteiger partial charge on any atom is 0.226 e. The number of nitrogens with one attached hydrogen (secondary N) is 2. The third kappa shape index (κ3) is 4.31. The molecule has 1 amide bonds. The van der Waals surface area contributed by atoms with Crippen molar-refractivity contribution in [1.82, 2.24) is 5.32 Å². The Hall–Kier alpha value is -1.35. The van der Waals surface area contributed by atoms with Crippen molar-refractivity contribution in [1.29, 1.82) is 0 Å². The van der Waals surface area contributed by atoms with Crippen molar-refractivity contribution < 1.29 is 4.79 Å². The van der Waals surface area contributed by atoms with E-state index in [-0.39, 0.29) is 11.4 Å². The molecule has 0 saturated heterocycles. The summed E-state index contributed by atoms with van der Waals surface area (Å²) in [6.07, 6.45) is 6.50. The first-order valence-corrected chi connectivity index (χ1v) is 8.13. The molecule has 0 spiro atoms. The summed E-state index contributed by atoms with van der Waals surface area (Å²) in [6.45, 7) is 4.35. The summed E-state index contributed by atoms with van der Waals surface area (Å²) < 4.78 is 0. The predicted molar refractivity (Wildman–Crippen MR) is 88.7 cm³/mol. The molecule has 0 heterocycles. The lowest BCUT2D eigenvalue weighted by Crippen LogP contribution is -2.47. The Morgan fingerprint density at radius 1 is 1.14 bits per heavy atom. The van der Waals surface area contributed by atoms with Gasteiger partial charge in [-0.1, -0.05) is 45.2 Å². The van der Waals surface area contributed by atoms with Crippen LogP contribution in [0, 0.1) is 0 Å². The molecule has 0 radical (unpaired) electrons. The van der Waals surface area contributed by atoms with E-state index < -0.39 is 0 Å². The van der Waals surface area contributed by atoms with Crippen LogP contribution in [-0.2, 0) is 4.79 Å². The molecule has 21 heavy (non-hydrogen) atoms. The monoisotopic (exact) mass is 288 g/mol. The first-order chi connectivity index (χ1) is 10.0. The maximum atomic E-state index is 12.3. The van der Waals surface area contributed by atoms with E-state index in [2.05, 4.69) is 36.6 Å². The van der Waals surface area contributed by atoms with Crippen LogP contribution in [-0.4, -0.2) is 18.5 Å². The highest BCUT2D eigenvalue weighted by atomic mass is 16.1. The minimum Gasteiger partial charge on any atom is -0.326 e. The summed E-state index contributed by atoms with van der Waals surface area (Å²) in [6, 6.07) is 8.18. The van der Waals surface area contributed by atoms with Gasteiger partial charge in [-0.15, -0.1) is 0 Å². The molecule has 0 unspecified atom stereocenters. The van der Waals surface area contributed by atoms with Crippen LogP contribution in [0.4, 0.5) is 5.69 Å². The fraction of sp³-hybridized carbons (Fsp3) is 0.611. The molecule has 1 aromatic carbocycles. The Kier molecular flexibility index (Phi) is 5.40. The molecule has 1 aliphatic rings. The Labute approximate surface area is 128 Å². The summed E-state index contributed by atoms with van der Waals surface area (Å²) in [5, 5.41) is 6.43. The number of benzene rings is 1. The van der Waals surface area contributed by atoms with E-state index in [1.807, 2.05) is 19.2 Å². The normalized spacial score (nSPS) is 17.7. The second-order valence-corrected chi connectivity index (χ2v) is 6.59. The van der Waals surface area contributed by atoms with Gasteiger partial charge >= 0.3 is 0 Å². The fourth-order valence-corrected chi connectivity index (χ4v) is 3.21.